The summed E-state index contributed by atoms with van der Waals surface area (Å²) < 4.78 is 10.8. The highest BCUT2D eigenvalue weighted by Gasteiger charge is 2.24. The monoisotopic (exact) mass is 708 g/mol. The molecule has 12 aromatic rings. The van der Waals surface area contributed by atoms with Crippen LogP contribution in [0.1, 0.15) is 0 Å². The Bertz CT molecular complexity index is 3390. The zero-order chi connectivity index (χ0) is 34.6. The van der Waals surface area contributed by atoms with Crippen LogP contribution < -0.4 is 0 Å². The summed E-state index contributed by atoms with van der Waals surface area (Å²) in [4.78, 5) is 0. The maximum Gasteiger partial charge on any atom is 0.143 e. The molecule has 9 aromatic carbocycles. The van der Waals surface area contributed by atoms with E-state index in [-0.39, 0.29) is 0 Å². The molecule has 0 aliphatic rings. The van der Waals surface area contributed by atoms with Gasteiger partial charge >= 0.3 is 0 Å². The molecule has 0 unspecified atom stereocenters. The normalized spacial score (nSPS) is 12.2. The first-order chi connectivity index (χ1) is 26.3. The van der Waals surface area contributed by atoms with Crippen LogP contribution in [0.4, 0.5) is 0 Å². The van der Waals surface area contributed by atoms with Gasteiger partial charge in [0.15, 0.2) is 0 Å². The summed E-state index contributed by atoms with van der Waals surface area (Å²) >= 11 is 3.77. The Morgan fingerprint density at radius 2 is 1.02 bits per heavy atom. The SMILES string of the molecule is c1ccc(-c2csc3c2ccc2sc4cccc(-c5c6ccccc6c(-c6cc7ccccc7c7c6oc6ccccc67)c6ccccc56)c4c23)cc1. The van der Waals surface area contributed by atoms with Crippen molar-refractivity contribution in [3.63, 3.8) is 0 Å². The van der Waals surface area contributed by atoms with Crippen LogP contribution in [0.3, 0.4) is 0 Å². The number of thiophene rings is 2. The maximum absolute atomic E-state index is 6.83. The van der Waals surface area contributed by atoms with Gasteiger partial charge in [-0.1, -0.05) is 140 Å². The molecule has 0 spiro atoms. The molecule has 1 nitrogen and oxygen atoms in total. The molecular formula is C50H28OS2. The van der Waals surface area contributed by atoms with Crippen molar-refractivity contribution in [2.75, 3.05) is 0 Å². The maximum atomic E-state index is 6.83. The second-order valence-electron chi connectivity index (χ2n) is 13.9. The fourth-order valence-corrected chi connectivity index (χ4v) is 11.3. The third-order valence-electron chi connectivity index (χ3n) is 11.1. The lowest BCUT2D eigenvalue weighted by Crippen LogP contribution is -1.92. The molecule has 0 atom stereocenters. The number of rotatable bonds is 3. The van der Waals surface area contributed by atoms with Gasteiger partial charge in [-0.2, -0.15) is 0 Å². The third-order valence-corrected chi connectivity index (χ3v) is 13.3. The fraction of sp³-hybridized carbons (Fsp3) is 0. The van der Waals surface area contributed by atoms with E-state index in [9.17, 15) is 0 Å². The summed E-state index contributed by atoms with van der Waals surface area (Å²) in [5, 5.41) is 16.1. The van der Waals surface area contributed by atoms with Crippen LogP contribution in [0, 0.1) is 0 Å². The number of hydrogen-bond donors (Lipinski definition) is 0. The standard InChI is InChI=1S/C50H28OS2/c1-2-13-29(14-3-1)40-28-52-50-36(40)25-26-43-48(50)47-38(22-12-24-42(47)53-43)44-32-17-6-8-19-34(32)45(35-20-9-7-18-33(35)44)39-27-30-15-4-5-16-31(30)46-37-21-10-11-23-41(37)51-49(39)46/h1-28H. The molecule has 0 N–H and O–H groups in total. The van der Waals surface area contributed by atoms with Crippen LogP contribution >= 0.6 is 22.7 Å². The van der Waals surface area contributed by atoms with Crippen LogP contribution in [0.2, 0.25) is 0 Å². The van der Waals surface area contributed by atoms with E-state index >= 15 is 0 Å². The van der Waals surface area contributed by atoms with E-state index in [2.05, 4.69) is 169 Å². The molecule has 0 aliphatic carbocycles. The average molecular weight is 709 g/mol. The molecular weight excluding hydrogens is 681 g/mol. The van der Waals surface area contributed by atoms with Crippen molar-refractivity contribution >= 4 is 107 Å². The van der Waals surface area contributed by atoms with Crippen molar-refractivity contribution < 1.29 is 4.42 Å². The summed E-state index contributed by atoms with van der Waals surface area (Å²) in [5.74, 6) is 0. The van der Waals surface area contributed by atoms with Crippen molar-refractivity contribution in [2.24, 2.45) is 0 Å². The molecule has 0 aliphatic heterocycles. The van der Waals surface area contributed by atoms with Gasteiger partial charge in [-0.3, -0.25) is 0 Å². The fourth-order valence-electron chi connectivity index (χ4n) is 8.91. The van der Waals surface area contributed by atoms with Gasteiger partial charge in [0, 0.05) is 57.7 Å². The van der Waals surface area contributed by atoms with E-state index in [1.165, 1.54) is 95.8 Å². The molecule has 0 bridgehead atoms. The number of hydrogen-bond acceptors (Lipinski definition) is 3. The molecule has 0 saturated carbocycles. The number of para-hydroxylation sites is 1. The van der Waals surface area contributed by atoms with Crippen LogP contribution in [0.15, 0.2) is 174 Å². The highest BCUT2D eigenvalue weighted by molar-refractivity contribution is 7.27. The number of furan rings is 1. The second-order valence-corrected chi connectivity index (χ2v) is 15.9. The van der Waals surface area contributed by atoms with Gasteiger partial charge in [0.25, 0.3) is 0 Å². The zero-order valence-electron chi connectivity index (χ0n) is 28.4. The minimum Gasteiger partial charge on any atom is -0.455 e. The van der Waals surface area contributed by atoms with E-state index in [0.29, 0.717) is 0 Å². The minimum atomic E-state index is 0.914. The topological polar surface area (TPSA) is 13.1 Å². The summed E-state index contributed by atoms with van der Waals surface area (Å²) in [5.41, 5.74) is 9.32. The van der Waals surface area contributed by atoms with Gasteiger partial charge in [0.2, 0.25) is 0 Å². The molecule has 0 saturated heterocycles. The number of fused-ring (bicyclic) bond motifs is 12. The van der Waals surface area contributed by atoms with Gasteiger partial charge < -0.3 is 4.42 Å². The van der Waals surface area contributed by atoms with Gasteiger partial charge in [-0.15, -0.1) is 22.7 Å². The van der Waals surface area contributed by atoms with E-state index < -0.39 is 0 Å². The lowest BCUT2D eigenvalue weighted by molar-refractivity contribution is 0.670. The average Bonchev–Trinajstić information content (AvgIpc) is 3.94. The summed E-state index contributed by atoms with van der Waals surface area (Å²) in [6.45, 7) is 0. The van der Waals surface area contributed by atoms with E-state index in [1.54, 1.807) is 0 Å². The predicted octanol–water partition coefficient (Wildman–Crippen LogP) is 15.6. The third kappa shape index (κ3) is 4.12. The van der Waals surface area contributed by atoms with Gasteiger partial charge in [0.05, 0.1) is 0 Å². The molecule has 0 radical (unpaired) electrons. The Morgan fingerprint density at radius 1 is 0.396 bits per heavy atom. The summed E-state index contributed by atoms with van der Waals surface area (Å²) in [6.07, 6.45) is 0. The molecule has 53 heavy (non-hydrogen) atoms. The molecule has 3 aromatic heterocycles. The van der Waals surface area contributed by atoms with Crippen molar-refractivity contribution in [3.05, 3.63) is 169 Å². The molecule has 0 fully saturated rings. The van der Waals surface area contributed by atoms with Crippen molar-refractivity contribution in [1.82, 2.24) is 0 Å². The van der Waals surface area contributed by atoms with Crippen LogP contribution in [-0.4, -0.2) is 0 Å². The van der Waals surface area contributed by atoms with Crippen LogP contribution in [0.5, 0.6) is 0 Å². The first kappa shape index (κ1) is 29.3. The Balaban J connectivity index is 1.22. The predicted molar refractivity (Wildman–Crippen MR) is 231 cm³/mol. The van der Waals surface area contributed by atoms with E-state index in [4.69, 9.17) is 4.42 Å². The molecule has 12 rings (SSSR count). The Kier molecular flexibility index (Phi) is 6.15. The second kappa shape index (κ2) is 11.1. The summed E-state index contributed by atoms with van der Waals surface area (Å²) in [7, 11) is 0. The van der Waals surface area contributed by atoms with Crippen molar-refractivity contribution in [3.8, 4) is 33.4 Å². The van der Waals surface area contributed by atoms with E-state index in [0.717, 1.165) is 22.1 Å². The van der Waals surface area contributed by atoms with Gasteiger partial charge in [-0.25, -0.2) is 0 Å². The van der Waals surface area contributed by atoms with Crippen LogP contribution in [0.25, 0.3) is 118 Å². The Labute approximate surface area is 312 Å². The number of benzene rings is 9. The largest absolute Gasteiger partial charge is 0.455 e. The quantitative estimate of drug-likeness (QED) is 0.167. The van der Waals surface area contributed by atoms with E-state index in [1.807, 2.05) is 22.7 Å². The van der Waals surface area contributed by atoms with Crippen molar-refractivity contribution in [2.45, 2.75) is 0 Å². The first-order valence-electron chi connectivity index (χ1n) is 18.0. The Hall–Kier alpha value is -6.26. The Morgan fingerprint density at radius 3 is 1.77 bits per heavy atom. The smallest absolute Gasteiger partial charge is 0.143 e. The van der Waals surface area contributed by atoms with Gasteiger partial charge in [-0.05, 0) is 78.7 Å². The van der Waals surface area contributed by atoms with Gasteiger partial charge in [0.1, 0.15) is 11.2 Å². The molecule has 0 amide bonds. The minimum absolute atomic E-state index is 0.914. The van der Waals surface area contributed by atoms with Crippen LogP contribution in [-0.2, 0) is 0 Å². The zero-order valence-corrected chi connectivity index (χ0v) is 30.0. The molecule has 3 heteroatoms. The summed E-state index contributed by atoms with van der Waals surface area (Å²) in [6, 6.07) is 59.9. The lowest BCUT2D eigenvalue weighted by Gasteiger charge is -2.19. The van der Waals surface area contributed by atoms with Crippen molar-refractivity contribution in [1.29, 1.82) is 0 Å². The highest BCUT2D eigenvalue weighted by atomic mass is 32.1. The molecule has 3 heterocycles. The highest BCUT2D eigenvalue weighted by Crippen LogP contribution is 2.52. The molecule has 246 valence electrons. The lowest BCUT2D eigenvalue weighted by atomic mass is 9.84. The first-order valence-corrected chi connectivity index (χ1v) is 19.7.